The molecule has 5 aromatic rings. The van der Waals surface area contributed by atoms with Crippen LogP contribution >= 0.6 is 22.9 Å². The molecule has 1 aliphatic heterocycles. The van der Waals surface area contributed by atoms with Gasteiger partial charge < -0.3 is 23.5 Å². The van der Waals surface area contributed by atoms with Crippen molar-refractivity contribution < 1.29 is 18.6 Å². The largest absolute Gasteiger partial charge is 0.496 e. The molecule has 1 saturated heterocycles. The molecule has 3 aromatic heterocycles. The van der Waals surface area contributed by atoms with Gasteiger partial charge >= 0.3 is 0 Å². The van der Waals surface area contributed by atoms with Crippen LogP contribution in [0.15, 0.2) is 53.1 Å². The van der Waals surface area contributed by atoms with Crippen LogP contribution in [0.4, 0.5) is 5.69 Å². The van der Waals surface area contributed by atoms with Gasteiger partial charge in [-0.05, 0) is 54.5 Å². The number of piperidine rings is 1. The number of nitrogens with zero attached hydrogens (tertiary/aromatic N) is 4. The van der Waals surface area contributed by atoms with Crippen molar-refractivity contribution in [3.63, 3.8) is 0 Å². The van der Waals surface area contributed by atoms with Crippen LogP contribution in [0.3, 0.4) is 0 Å². The van der Waals surface area contributed by atoms with E-state index in [1.807, 2.05) is 36.5 Å². The van der Waals surface area contributed by atoms with Gasteiger partial charge in [-0.2, -0.15) is 0 Å². The van der Waals surface area contributed by atoms with Gasteiger partial charge in [0.15, 0.2) is 5.76 Å². The predicted molar refractivity (Wildman–Crippen MR) is 141 cm³/mol. The van der Waals surface area contributed by atoms with Gasteiger partial charge in [0.1, 0.15) is 22.8 Å². The van der Waals surface area contributed by atoms with Crippen molar-refractivity contribution in [2.45, 2.75) is 12.8 Å². The van der Waals surface area contributed by atoms with Gasteiger partial charge in [0.25, 0.3) is 5.19 Å². The van der Waals surface area contributed by atoms with Gasteiger partial charge in [-0.3, -0.25) is 0 Å². The van der Waals surface area contributed by atoms with E-state index in [4.69, 9.17) is 30.2 Å². The molecule has 1 fully saturated rings. The molecule has 0 spiro atoms. The number of anilines is 1. The highest BCUT2D eigenvalue weighted by molar-refractivity contribution is 7.18. The molecule has 6 rings (SSSR count). The van der Waals surface area contributed by atoms with Crippen LogP contribution in [-0.4, -0.2) is 48.5 Å². The summed E-state index contributed by atoms with van der Waals surface area (Å²) >= 11 is 7.44. The molecule has 2 aromatic carbocycles. The SMILES string of the molecule is COc1cc(OC[C@@H]2CCCN(c3ccc(Cl)cc3)C2)c2cc(-c3cn4nc(OC)sc4n3)oc2c1. The third-order valence-corrected chi connectivity index (χ3v) is 7.58. The lowest BCUT2D eigenvalue weighted by Crippen LogP contribution is -2.37. The second kappa shape index (κ2) is 9.55. The van der Waals surface area contributed by atoms with E-state index in [2.05, 4.69) is 27.1 Å². The number of rotatable bonds is 7. The summed E-state index contributed by atoms with van der Waals surface area (Å²) < 4.78 is 24.9. The number of ether oxygens (including phenoxy) is 3. The minimum Gasteiger partial charge on any atom is -0.496 e. The Morgan fingerprint density at radius 3 is 2.78 bits per heavy atom. The smallest absolute Gasteiger partial charge is 0.294 e. The van der Waals surface area contributed by atoms with E-state index < -0.39 is 0 Å². The Labute approximate surface area is 217 Å². The quantitative estimate of drug-likeness (QED) is 0.252. The zero-order valence-corrected chi connectivity index (χ0v) is 21.5. The van der Waals surface area contributed by atoms with E-state index in [0.29, 0.717) is 40.5 Å². The number of methoxy groups -OCH3 is 2. The van der Waals surface area contributed by atoms with Gasteiger partial charge in [0.2, 0.25) is 4.96 Å². The van der Waals surface area contributed by atoms with Crippen LogP contribution in [0.5, 0.6) is 16.7 Å². The summed E-state index contributed by atoms with van der Waals surface area (Å²) in [4.78, 5) is 7.78. The Morgan fingerprint density at radius 2 is 2.00 bits per heavy atom. The lowest BCUT2D eigenvalue weighted by atomic mass is 9.98. The van der Waals surface area contributed by atoms with Gasteiger partial charge in [0.05, 0.1) is 32.4 Å². The molecule has 4 heterocycles. The van der Waals surface area contributed by atoms with E-state index in [-0.39, 0.29) is 0 Å². The first-order chi connectivity index (χ1) is 17.6. The molecule has 186 valence electrons. The summed E-state index contributed by atoms with van der Waals surface area (Å²) in [6.07, 6.45) is 4.07. The highest BCUT2D eigenvalue weighted by Gasteiger charge is 2.22. The van der Waals surface area contributed by atoms with Crippen molar-refractivity contribution in [3.05, 3.63) is 53.7 Å². The lowest BCUT2D eigenvalue weighted by Gasteiger charge is -2.34. The van der Waals surface area contributed by atoms with Crippen molar-refractivity contribution >= 4 is 44.6 Å². The second-order valence-corrected chi connectivity index (χ2v) is 10.2. The monoisotopic (exact) mass is 524 g/mol. The number of furan rings is 1. The molecule has 0 aliphatic carbocycles. The Bertz CT molecular complexity index is 1480. The van der Waals surface area contributed by atoms with Crippen LogP contribution < -0.4 is 19.1 Å². The zero-order valence-electron chi connectivity index (χ0n) is 19.9. The van der Waals surface area contributed by atoms with Crippen molar-refractivity contribution in [2.24, 2.45) is 5.92 Å². The van der Waals surface area contributed by atoms with Crippen LogP contribution in [0.1, 0.15) is 12.8 Å². The van der Waals surface area contributed by atoms with E-state index in [9.17, 15) is 0 Å². The molecule has 36 heavy (non-hydrogen) atoms. The van der Waals surface area contributed by atoms with E-state index >= 15 is 0 Å². The normalized spacial score (nSPS) is 16.1. The topological polar surface area (TPSA) is 74.3 Å². The number of halogens is 1. The van der Waals surface area contributed by atoms with E-state index in [0.717, 1.165) is 47.1 Å². The molecule has 0 bridgehead atoms. The summed E-state index contributed by atoms with van der Waals surface area (Å²) in [6.45, 7) is 2.58. The Hall–Kier alpha value is -3.43. The highest BCUT2D eigenvalue weighted by atomic mass is 35.5. The molecule has 0 amide bonds. The van der Waals surface area contributed by atoms with Crippen molar-refractivity contribution in [3.8, 4) is 28.1 Å². The number of hydrogen-bond donors (Lipinski definition) is 0. The number of fused-ring (bicyclic) bond motifs is 2. The van der Waals surface area contributed by atoms with Crippen molar-refractivity contribution in [1.82, 2.24) is 14.6 Å². The van der Waals surface area contributed by atoms with Crippen LogP contribution in [0, 0.1) is 5.92 Å². The maximum atomic E-state index is 6.39. The van der Waals surface area contributed by atoms with Gasteiger partial charge in [-0.15, -0.1) is 5.10 Å². The number of imidazole rings is 1. The fourth-order valence-electron chi connectivity index (χ4n) is 4.62. The van der Waals surface area contributed by atoms with Crippen LogP contribution in [0.2, 0.25) is 5.02 Å². The number of hydrogen-bond acceptors (Lipinski definition) is 8. The third-order valence-electron chi connectivity index (χ3n) is 6.45. The standard InChI is InChI=1S/C26H25ClN4O4S/c1-32-19-10-22(34-15-16-4-3-9-30(13-16)18-7-5-17(27)6-8-18)20-12-24(35-23(20)11-19)21-14-31-25(28-21)36-26(29-31)33-2/h5-8,10-12,14,16H,3-4,9,13,15H2,1-2H3/t16-/m1/s1. The number of aromatic nitrogens is 3. The average Bonchev–Trinajstić information content (AvgIpc) is 3.60. The van der Waals surface area contributed by atoms with Crippen LogP contribution in [0.25, 0.3) is 27.4 Å². The molecule has 10 heteroatoms. The third kappa shape index (κ3) is 4.44. The Kier molecular flexibility index (Phi) is 6.10. The molecule has 1 aliphatic rings. The first-order valence-electron chi connectivity index (χ1n) is 11.7. The minimum absolute atomic E-state index is 0.406. The fraction of sp³-hybridized carbons (Fsp3) is 0.308. The molecule has 0 saturated carbocycles. The summed E-state index contributed by atoms with van der Waals surface area (Å²) in [6, 6.07) is 13.8. The first-order valence-corrected chi connectivity index (χ1v) is 12.9. The molecule has 0 unspecified atom stereocenters. The fourth-order valence-corrected chi connectivity index (χ4v) is 5.45. The van der Waals surface area contributed by atoms with Crippen molar-refractivity contribution in [1.29, 1.82) is 0 Å². The minimum atomic E-state index is 0.406. The molecule has 0 N–H and O–H groups in total. The first kappa shape index (κ1) is 23.0. The van der Waals surface area contributed by atoms with E-state index in [1.165, 1.54) is 17.0 Å². The molecular formula is C26H25ClN4O4S. The summed E-state index contributed by atoms with van der Waals surface area (Å²) in [5, 5.41) is 6.55. The maximum absolute atomic E-state index is 6.39. The second-order valence-electron chi connectivity index (χ2n) is 8.82. The van der Waals surface area contributed by atoms with Crippen LogP contribution in [-0.2, 0) is 0 Å². The Morgan fingerprint density at radius 1 is 1.14 bits per heavy atom. The summed E-state index contributed by atoms with van der Waals surface area (Å²) in [5.41, 5.74) is 2.58. The molecular weight excluding hydrogens is 500 g/mol. The Balaban J connectivity index is 1.23. The average molecular weight is 525 g/mol. The molecule has 0 radical (unpaired) electrons. The highest BCUT2D eigenvalue weighted by Crippen LogP contribution is 2.38. The van der Waals surface area contributed by atoms with Gasteiger partial charge in [-0.1, -0.05) is 11.6 Å². The van der Waals surface area contributed by atoms with Gasteiger partial charge in [0, 0.05) is 41.9 Å². The maximum Gasteiger partial charge on any atom is 0.294 e. The van der Waals surface area contributed by atoms with Gasteiger partial charge in [-0.25, -0.2) is 9.50 Å². The molecule has 1 atom stereocenters. The molecule has 8 nitrogen and oxygen atoms in total. The van der Waals surface area contributed by atoms with E-state index in [1.54, 1.807) is 18.7 Å². The number of benzene rings is 2. The predicted octanol–water partition coefficient (Wildman–Crippen LogP) is 6.17. The summed E-state index contributed by atoms with van der Waals surface area (Å²) in [7, 11) is 3.23. The zero-order chi connectivity index (χ0) is 24.6. The summed E-state index contributed by atoms with van der Waals surface area (Å²) in [5.74, 6) is 2.47. The van der Waals surface area contributed by atoms with Crippen molar-refractivity contribution in [2.75, 3.05) is 38.8 Å². The lowest BCUT2D eigenvalue weighted by molar-refractivity contribution is 0.230.